The van der Waals surface area contributed by atoms with Gasteiger partial charge in [0.1, 0.15) is 10.7 Å². The fourth-order valence-corrected chi connectivity index (χ4v) is 3.03. The normalized spacial score (nSPS) is 13.3. The first kappa shape index (κ1) is 20.9. The first-order valence-corrected chi connectivity index (χ1v) is 10.1. The van der Waals surface area contributed by atoms with Gasteiger partial charge in [0.05, 0.1) is 6.20 Å². The molecule has 3 aromatic rings. The molecule has 1 saturated heterocycles. The molecule has 4 rings (SSSR count). The Bertz CT molecular complexity index is 826. The van der Waals surface area contributed by atoms with E-state index >= 15 is 0 Å². The van der Waals surface area contributed by atoms with E-state index in [1.54, 1.807) is 27.7 Å². The average Bonchev–Trinajstić information content (AvgIpc) is 3.31. The fourth-order valence-electron chi connectivity index (χ4n) is 2.50. The first-order valence-electron chi connectivity index (χ1n) is 8.84. The van der Waals surface area contributed by atoms with Crippen LogP contribution in [0.2, 0.25) is 0 Å². The molecule has 1 fully saturated rings. The Hall–Kier alpha value is -2.39. The number of piperidine rings is 1. The number of hydrogen-bond donors (Lipinski definition) is 2. The molecule has 0 saturated carbocycles. The van der Waals surface area contributed by atoms with Gasteiger partial charge in [-0.3, -0.25) is 9.48 Å². The lowest BCUT2D eigenvalue weighted by Gasteiger charge is -2.08. The van der Waals surface area contributed by atoms with E-state index < -0.39 is 5.91 Å². The lowest BCUT2D eigenvalue weighted by atomic mass is 10.2. The lowest BCUT2D eigenvalue weighted by molar-refractivity contribution is 0.0994. The van der Waals surface area contributed by atoms with Crippen LogP contribution >= 0.6 is 11.8 Å². The van der Waals surface area contributed by atoms with E-state index in [-0.39, 0.29) is 5.69 Å². The summed E-state index contributed by atoms with van der Waals surface area (Å²) in [6.45, 7) is 4.52. The summed E-state index contributed by atoms with van der Waals surface area (Å²) in [6.07, 6.45) is 14.9. The van der Waals surface area contributed by atoms with Crippen LogP contribution in [-0.4, -0.2) is 49.4 Å². The highest BCUT2D eigenvalue weighted by atomic mass is 32.2. The Morgan fingerprint density at radius 2 is 2.00 bits per heavy atom. The third-order valence-corrected chi connectivity index (χ3v) is 4.49. The second kappa shape index (κ2) is 10.7. The molecule has 1 aliphatic heterocycles. The second-order valence-corrected chi connectivity index (χ2v) is 6.95. The van der Waals surface area contributed by atoms with Gasteiger partial charge >= 0.3 is 0 Å². The Morgan fingerprint density at radius 3 is 2.41 bits per heavy atom. The fraction of sp³-hybridized carbons (Fsp3) is 0.444. The number of thioether (sulfide) groups is 1. The van der Waals surface area contributed by atoms with E-state index in [0.717, 1.165) is 5.65 Å². The number of hydrogen-bond acceptors (Lipinski definition) is 6. The van der Waals surface area contributed by atoms with Crippen molar-refractivity contribution in [2.75, 3.05) is 19.3 Å². The molecule has 9 heteroatoms. The molecule has 0 aromatic carbocycles. The summed E-state index contributed by atoms with van der Waals surface area (Å²) in [6, 6.07) is 0. The quantitative estimate of drug-likeness (QED) is 0.650. The summed E-state index contributed by atoms with van der Waals surface area (Å²) in [5.41, 5.74) is 7.35. The number of fused-ring (bicyclic) bond motifs is 1. The van der Waals surface area contributed by atoms with Gasteiger partial charge < -0.3 is 15.5 Å². The molecular weight excluding hydrogens is 362 g/mol. The average molecular weight is 390 g/mol. The van der Waals surface area contributed by atoms with Crippen molar-refractivity contribution in [1.82, 2.24) is 29.5 Å². The number of aryl methyl sites for hydroxylation is 2. The van der Waals surface area contributed by atoms with Gasteiger partial charge in [0.15, 0.2) is 5.65 Å². The summed E-state index contributed by atoms with van der Waals surface area (Å²) in [5, 5.41) is 7.92. The third kappa shape index (κ3) is 6.69. The van der Waals surface area contributed by atoms with Crippen molar-refractivity contribution in [3.8, 4) is 0 Å². The number of primary amides is 1. The zero-order chi connectivity index (χ0) is 19.6. The van der Waals surface area contributed by atoms with E-state index in [4.69, 9.17) is 5.73 Å². The number of imidazole rings is 1. The van der Waals surface area contributed by atoms with Crippen LogP contribution in [0.4, 0.5) is 0 Å². The molecule has 0 aliphatic carbocycles. The monoisotopic (exact) mass is 389 g/mol. The van der Waals surface area contributed by atoms with Gasteiger partial charge in [0.2, 0.25) is 0 Å². The highest BCUT2D eigenvalue weighted by Gasteiger charge is 2.09. The van der Waals surface area contributed by atoms with Crippen molar-refractivity contribution in [2.45, 2.75) is 31.2 Å². The summed E-state index contributed by atoms with van der Waals surface area (Å²) < 4.78 is 3.52. The van der Waals surface area contributed by atoms with Gasteiger partial charge in [-0.1, -0.05) is 6.42 Å². The summed E-state index contributed by atoms with van der Waals surface area (Å²) in [7, 11) is 1.91. The van der Waals surface area contributed by atoms with Crippen LogP contribution in [0.3, 0.4) is 0 Å². The van der Waals surface area contributed by atoms with Crippen molar-refractivity contribution in [3.63, 3.8) is 0 Å². The molecule has 0 unspecified atom stereocenters. The zero-order valence-corrected chi connectivity index (χ0v) is 16.9. The van der Waals surface area contributed by atoms with Crippen LogP contribution in [0.5, 0.6) is 0 Å². The second-order valence-electron chi connectivity index (χ2n) is 6.16. The highest BCUT2D eigenvalue weighted by Crippen LogP contribution is 2.17. The maximum Gasteiger partial charge on any atom is 0.268 e. The van der Waals surface area contributed by atoms with Crippen LogP contribution in [-0.2, 0) is 7.05 Å². The minimum Gasteiger partial charge on any atom is -0.364 e. The van der Waals surface area contributed by atoms with Gasteiger partial charge in [-0.2, -0.15) is 5.10 Å². The van der Waals surface area contributed by atoms with Crippen LogP contribution < -0.4 is 11.1 Å². The molecule has 1 amide bonds. The van der Waals surface area contributed by atoms with Crippen molar-refractivity contribution < 1.29 is 4.79 Å². The number of carbonyl (C=O) groups is 1. The predicted molar refractivity (Wildman–Crippen MR) is 108 cm³/mol. The molecule has 0 spiro atoms. The first-order chi connectivity index (χ1) is 13.0. The molecular formula is C18H27N7OS. The summed E-state index contributed by atoms with van der Waals surface area (Å²) in [4.78, 5) is 19.2. The van der Waals surface area contributed by atoms with Gasteiger partial charge in [-0.15, -0.1) is 11.8 Å². The molecule has 0 bridgehead atoms. The zero-order valence-electron chi connectivity index (χ0n) is 16.1. The van der Waals surface area contributed by atoms with Crippen LogP contribution in [0.25, 0.3) is 5.65 Å². The standard InChI is InChI=1S/C8H8N4OS.C5H8N2.C5H11N/c1-14-8-7-10-2-3-12(7)4-5(11-8)6(9)13;1-5-3-6-7(2)4-5;1-2-4-6-5-3-1/h2-4H,1H3,(H2,9,13);3-4H,1-2H3;6H,1-5H2. The summed E-state index contributed by atoms with van der Waals surface area (Å²) in [5.74, 6) is -0.532. The topological polar surface area (TPSA) is 103 Å². The number of carbonyl (C=O) groups excluding carboxylic acids is 1. The number of nitrogens with two attached hydrogens (primary N) is 1. The van der Waals surface area contributed by atoms with Gasteiger partial charge in [0.25, 0.3) is 5.91 Å². The maximum atomic E-state index is 11.0. The molecule has 3 aromatic heterocycles. The largest absolute Gasteiger partial charge is 0.364 e. The maximum absolute atomic E-state index is 11.0. The molecule has 0 atom stereocenters. The number of nitrogens with zero attached hydrogens (tertiary/aromatic N) is 5. The van der Waals surface area contributed by atoms with Crippen molar-refractivity contribution in [2.24, 2.45) is 12.8 Å². The van der Waals surface area contributed by atoms with E-state index in [0.29, 0.717) is 5.03 Å². The van der Waals surface area contributed by atoms with E-state index in [1.807, 2.05) is 32.6 Å². The van der Waals surface area contributed by atoms with Gasteiger partial charge in [-0.25, -0.2) is 9.97 Å². The van der Waals surface area contributed by atoms with E-state index in [2.05, 4.69) is 20.4 Å². The number of amides is 1. The number of aromatic nitrogens is 5. The third-order valence-electron chi connectivity index (χ3n) is 3.83. The Balaban J connectivity index is 0.000000167. The van der Waals surface area contributed by atoms with Crippen molar-refractivity contribution >= 4 is 23.3 Å². The minimum absolute atomic E-state index is 0.250. The van der Waals surface area contributed by atoms with Crippen molar-refractivity contribution in [1.29, 1.82) is 0 Å². The SMILES string of the molecule is C1CCNCC1.CSc1nc(C(N)=O)cn2ccnc12.Cc1cnn(C)c1. The van der Waals surface area contributed by atoms with Gasteiger partial charge in [0, 0.05) is 31.8 Å². The van der Waals surface area contributed by atoms with Crippen LogP contribution in [0.1, 0.15) is 35.3 Å². The van der Waals surface area contributed by atoms with E-state index in [1.165, 1.54) is 49.7 Å². The molecule has 27 heavy (non-hydrogen) atoms. The smallest absolute Gasteiger partial charge is 0.268 e. The molecule has 146 valence electrons. The van der Waals surface area contributed by atoms with Gasteiger partial charge in [-0.05, 0) is 44.7 Å². The number of nitrogens with one attached hydrogen (secondary N) is 1. The highest BCUT2D eigenvalue weighted by molar-refractivity contribution is 7.98. The molecule has 3 N–H and O–H groups in total. The predicted octanol–water partition coefficient (Wildman–Crippen LogP) is 2.04. The molecule has 4 heterocycles. The Kier molecular flexibility index (Phi) is 8.28. The molecule has 8 nitrogen and oxygen atoms in total. The van der Waals surface area contributed by atoms with Crippen LogP contribution in [0, 0.1) is 6.92 Å². The van der Waals surface area contributed by atoms with Crippen molar-refractivity contribution in [3.05, 3.63) is 42.2 Å². The Morgan fingerprint density at radius 1 is 1.26 bits per heavy atom. The molecule has 0 radical (unpaired) electrons. The van der Waals surface area contributed by atoms with Crippen LogP contribution in [0.15, 0.2) is 36.0 Å². The summed E-state index contributed by atoms with van der Waals surface area (Å²) >= 11 is 1.43. The minimum atomic E-state index is -0.532. The lowest BCUT2D eigenvalue weighted by Crippen LogP contribution is -2.21. The Labute approximate surface area is 163 Å². The van der Waals surface area contributed by atoms with E-state index in [9.17, 15) is 4.79 Å². The molecule has 1 aliphatic rings. The number of rotatable bonds is 2.